The van der Waals surface area contributed by atoms with Crippen molar-refractivity contribution in [2.75, 3.05) is 6.61 Å². The first-order chi connectivity index (χ1) is 9.54. The Kier molecular flexibility index (Phi) is 5.02. The van der Waals surface area contributed by atoms with Gasteiger partial charge in [-0.05, 0) is 30.7 Å². The van der Waals surface area contributed by atoms with Crippen LogP contribution in [0.3, 0.4) is 0 Å². The molecule has 0 aliphatic carbocycles. The van der Waals surface area contributed by atoms with Crippen LogP contribution in [-0.2, 0) is 0 Å². The molecular formula is C15H13BrClFO2. The van der Waals surface area contributed by atoms with E-state index in [0.717, 1.165) is 0 Å². The predicted molar refractivity (Wildman–Crippen MR) is 80.8 cm³/mol. The lowest BCUT2D eigenvalue weighted by molar-refractivity contribution is 0.219. The SMILES string of the molecule is CCOc1ccc(C(O)c2cccc(F)c2Cl)c(Br)c1. The molecule has 0 fully saturated rings. The van der Waals surface area contributed by atoms with Crippen LogP contribution in [0.2, 0.25) is 5.02 Å². The number of ether oxygens (including phenoxy) is 1. The minimum atomic E-state index is -1.01. The number of benzene rings is 2. The number of hydrogen-bond donors (Lipinski definition) is 1. The van der Waals surface area contributed by atoms with Crippen LogP contribution >= 0.6 is 27.5 Å². The van der Waals surface area contributed by atoms with Gasteiger partial charge in [-0.15, -0.1) is 0 Å². The fraction of sp³-hybridized carbons (Fsp3) is 0.200. The summed E-state index contributed by atoms with van der Waals surface area (Å²) in [6.45, 7) is 2.45. The first-order valence-electron chi connectivity index (χ1n) is 6.08. The highest BCUT2D eigenvalue weighted by molar-refractivity contribution is 9.10. The molecule has 1 atom stereocenters. The average molecular weight is 360 g/mol. The molecule has 0 aliphatic rings. The van der Waals surface area contributed by atoms with E-state index in [0.29, 0.717) is 28.0 Å². The van der Waals surface area contributed by atoms with Gasteiger partial charge in [0, 0.05) is 10.0 Å². The Labute approximate surface area is 130 Å². The second kappa shape index (κ2) is 6.57. The van der Waals surface area contributed by atoms with Gasteiger partial charge in [-0.25, -0.2) is 4.39 Å². The Morgan fingerprint density at radius 3 is 2.70 bits per heavy atom. The van der Waals surface area contributed by atoms with Crippen molar-refractivity contribution in [3.8, 4) is 5.75 Å². The summed E-state index contributed by atoms with van der Waals surface area (Å²) < 4.78 is 19.5. The molecule has 0 heterocycles. The van der Waals surface area contributed by atoms with E-state index in [1.807, 2.05) is 6.92 Å². The topological polar surface area (TPSA) is 29.5 Å². The van der Waals surface area contributed by atoms with Crippen LogP contribution in [0.4, 0.5) is 4.39 Å². The summed E-state index contributed by atoms with van der Waals surface area (Å²) in [6.07, 6.45) is -1.01. The van der Waals surface area contributed by atoms with Crippen molar-refractivity contribution in [3.05, 3.63) is 62.8 Å². The quantitative estimate of drug-likeness (QED) is 0.856. The standard InChI is InChI=1S/C15H13BrClFO2/c1-2-20-9-6-7-10(12(16)8-9)15(19)11-4-3-5-13(18)14(11)17/h3-8,15,19H,2H2,1H3. The predicted octanol–water partition coefficient (Wildman–Crippen LogP) is 4.72. The van der Waals surface area contributed by atoms with E-state index in [4.69, 9.17) is 16.3 Å². The van der Waals surface area contributed by atoms with E-state index in [-0.39, 0.29) is 5.02 Å². The molecule has 2 aromatic rings. The second-order valence-electron chi connectivity index (χ2n) is 4.16. The zero-order valence-corrected chi connectivity index (χ0v) is 13.1. The van der Waals surface area contributed by atoms with Gasteiger partial charge in [0.2, 0.25) is 0 Å². The first kappa shape index (κ1) is 15.3. The average Bonchev–Trinajstić information content (AvgIpc) is 2.42. The van der Waals surface area contributed by atoms with Crippen molar-refractivity contribution in [2.45, 2.75) is 13.0 Å². The smallest absolute Gasteiger partial charge is 0.142 e. The molecular weight excluding hydrogens is 347 g/mol. The molecule has 106 valence electrons. The van der Waals surface area contributed by atoms with Crippen molar-refractivity contribution < 1.29 is 14.2 Å². The maximum Gasteiger partial charge on any atom is 0.142 e. The van der Waals surface area contributed by atoms with Crippen molar-refractivity contribution in [1.82, 2.24) is 0 Å². The van der Waals surface area contributed by atoms with Gasteiger partial charge in [-0.2, -0.15) is 0 Å². The number of halogens is 3. The lowest BCUT2D eigenvalue weighted by Crippen LogP contribution is -2.03. The second-order valence-corrected chi connectivity index (χ2v) is 5.39. The van der Waals surface area contributed by atoms with Crippen LogP contribution < -0.4 is 4.74 Å². The van der Waals surface area contributed by atoms with E-state index >= 15 is 0 Å². The Morgan fingerprint density at radius 1 is 1.30 bits per heavy atom. The van der Waals surface area contributed by atoms with E-state index in [9.17, 15) is 9.50 Å². The van der Waals surface area contributed by atoms with Crippen molar-refractivity contribution in [3.63, 3.8) is 0 Å². The summed E-state index contributed by atoms with van der Waals surface area (Å²) in [5.74, 6) is 0.144. The Balaban J connectivity index is 2.38. The van der Waals surface area contributed by atoms with Gasteiger partial charge in [-0.1, -0.05) is 45.7 Å². The fourth-order valence-corrected chi connectivity index (χ4v) is 2.69. The van der Waals surface area contributed by atoms with Gasteiger partial charge in [-0.3, -0.25) is 0 Å². The molecule has 0 amide bonds. The van der Waals surface area contributed by atoms with Gasteiger partial charge in [0.05, 0.1) is 11.6 Å². The zero-order chi connectivity index (χ0) is 14.7. The number of aliphatic hydroxyl groups is 1. The largest absolute Gasteiger partial charge is 0.494 e. The number of aliphatic hydroxyl groups excluding tert-OH is 1. The summed E-state index contributed by atoms with van der Waals surface area (Å²) in [6, 6.07) is 9.60. The zero-order valence-electron chi connectivity index (χ0n) is 10.7. The molecule has 0 saturated carbocycles. The highest BCUT2D eigenvalue weighted by Crippen LogP contribution is 2.35. The molecule has 2 rings (SSSR count). The lowest BCUT2D eigenvalue weighted by Gasteiger charge is -2.16. The van der Waals surface area contributed by atoms with Crippen molar-refractivity contribution in [2.24, 2.45) is 0 Å². The third kappa shape index (κ3) is 3.14. The third-order valence-corrected chi connectivity index (χ3v) is 3.94. The highest BCUT2D eigenvalue weighted by atomic mass is 79.9. The summed E-state index contributed by atoms with van der Waals surface area (Å²) in [4.78, 5) is 0. The van der Waals surface area contributed by atoms with Gasteiger partial charge < -0.3 is 9.84 Å². The molecule has 2 aromatic carbocycles. The number of rotatable bonds is 4. The molecule has 1 N–H and O–H groups in total. The molecule has 0 bridgehead atoms. The Hall–Kier alpha value is -1.10. The van der Waals surface area contributed by atoms with Crippen molar-refractivity contribution >= 4 is 27.5 Å². The summed E-state index contributed by atoms with van der Waals surface area (Å²) in [5.41, 5.74) is 0.928. The molecule has 0 aliphatic heterocycles. The monoisotopic (exact) mass is 358 g/mol. The van der Waals surface area contributed by atoms with Crippen LogP contribution in [0.25, 0.3) is 0 Å². The summed E-state index contributed by atoms with van der Waals surface area (Å²) >= 11 is 9.28. The maximum atomic E-state index is 13.4. The van der Waals surface area contributed by atoms with Gasteiger partial charge in [0.1, 0.15) is 17.7 Å². The van der Waals surface area contributed by atoms with Crippen LogP contribution in [0.5, 0.6) is 5.75 Å². The van der Waals surface area contributed by atoms with Gasteiger partial charge in [0.25, 0.3) is 0 Å². The Morgan fingerprint density at radius 2 is 2.05 bits per heavy atom. The maximum absolute atomic E-state index is 13.4. The van der Waals surface area contributed by atoms with Crippen LogP contribution in [0, 0.1) is 5.82 Å². The third-order valence-electron chi connectivity index (χ3n) is 2.85. The molecule has 2 nitrogen and oxygen atoms in total. The lowest BCUT2D eigenvalue weighted by atomic mass is 10.0. The molecule has 0 radical (unpaired) electrons. The Bertz CT molecular complexity index is 619. The van der Waals surface area contributed by atoms with Crippen molar-refractivity contribution in [1.29, 1.82) is 0 Å². The van der Waals surface area contributed by atoms with Gasteiger partial charge >= 0.3 is 0 Å². The first-order valence-corrected chi connectivity index (χ1v) is 7.26. The molecule has 1 unspecified atom stereocenters. The van der Waals surface area contributed by atoms with E-state index < -0.39 is 11.9 Å². The van der Waals surface area contributed by atoms with E-state index in [1.54, 1.807) is 24.3 Å². The minimum absolute atomic E-state index is 0.0687. The fourth-order valence-electron chi connectivity index (χ4n) is 1.89. The normalized spacial score (nSPS) is 12.2. The van der Waals surface area contributed by atoms with E-state index in [1.165, 1.54) is 12.1 Å². The minimum Gasteiger partial charge on any atom is -0.494 e. The van der Waals surface area contributed by atoms with Crippen LogP contribution in [0.1, 0.15) is 24.2 Å². The summed E-state index contributed by atoms with van der Waals surface area (Å²) in [7, 11) is 0. The van der Waals surface area contributed by atoms with E-state index in [2.05, 4.69) is 15.9 Å². The van der Waals surface area contributed by atoms with Crippen LogP contribution in [0.15, 0.2) is 40.9 Å². The highest BCUT2D eigenvalue weighted by Gasteiger charge is 2.18. The van der Waals surface area contributed by atoms with Gasteiger partial charge in [0.15, 0.2) is 0 Å². The molecule has 0 spiro atoms. The molecule has 0 saturated heterocycles. The number of hydrogen-bond acceptors (Lipinski definition) is 2. The molecule has 20 heavy (non-hydrogen) atoms. The summed E-state index contributed by atoms with van der Waals surface area (Å²) in [5, 5.41) is 10.3. The molecule has 0 aromatic heterocycles. The van der Waals surface area contributed by atoms with Crippen LogP contribution in [-0.4, -0.2) is 11.7 Å². The molecule has 5 heteroatoms.